The van der Waals surface area contributed by atoms with E-state index in [4.69, 9.17) is 28.2 Å². The van der Waals surface area contributed by atoms with Crippen LogP contribution in [0.4, 0.5) is 5.69 Å². The second kappa shape index (κ2) is 9.13. The number of fused-ring (bicyclic) bond motifs is 1. The molecule has 3 aromatic rings. The van der Waals surface area contributed by atoms with E-state index >= 15 is 0 Å². The SMILES string of the molecule is Clc1ccc(-c2cc(NCCCC3CCCNC3)c3ccccc3n2)c(Cl)c1. The van der Waals surface area contributed by atoms with Gasteiger partial charge in [-0.3, -0.25) is 0 Å². The summed E-state index contributed by atoms with van der Waals surface area (Å²) >= 11 is 12.5. The molecule has 0 amide bonds. The van der Waals surface area contributed by atoms with Gasteiger partial charge in [-0.05, 0) is 75.0 Å². The molecule has 1 aliphatic heterocycles. The summed E-state index contributed by atoms with van der Waals surface area (Å²) in [4.78, 5) is 4.82. The Morgan fingerprint density at radius 2 is 2.00 bits per heavy atom. The van der Waals surface area contributed by atoms with Gasteiger partial charge in [0, 0.05) is 28.2 Å². The predicted molar refractivity (Wildman–Crippen MR) is 121 cm³/mol. The third kappa shape index (κ3) is 4.60. The van der Waals surface area contributed by atoms with Crippen molar-refractivity contribution in [1.82, 2.24) is 10.3 Å². The zero-order valence-corrected chi connectivity index (χ0v) is 17.4. The van der Waals surface area contributed by atoms with Gasteiger partial charge in [0.25, 0.3) is 0 Å². The lowest BCUT2D eigenvalue weighted by Crippen LogP contribution is -2.29. The number of anilines is 1. The smallest absolute Gasteiger partial charge is 0.0745 e. The van der Waals surface area contributed by atoms with E-state index in [2.05, 4.69) is 28.8 Å². The molecule has 3 nitrogen and oxygen atoms in total. The maximum atomic E-state index is 6.43. The van der Waals surface area contributed by atoms with E-state index < -0.39 is 0 Å². The molecule has 4 rings (SSSR count). The zero-order chi connectivity index (χ0) is 19.3. The summed E-state index contributed by atoms with van der Waals surface area (Å²) in [5, 5.41) is 9.52. The van der Waals surface area contributed by atoms with E-state index in [1.807, 2.05) is 24.3 Å². The van der Waals surface area contributed by atoms with Gasteiger partial charge in [-0.15, -0.1) is 0 Å². The molecule has 2 heterocycles. The maximum Gasteiger partial charge on any atom is 0.0745 e. The Hall–Kier alpha value is -1.81. The molecule has 2 aromatic carbocycles. The fourth-order valence-electron chi connectivity index (χ4n) is 3.94. The second-order valence-electron chi connectivity index (χ2n) is 7.48. The highest BCUT2D eigenvalue weighted by atomic mass is 35.5. The van der Waals surface area contributed by atoms with Crippen LogP contribution in [-0.4, -0.2) is 24.6 Å². The van der Waals surface area contributed by atoms with Crippen molar-refractivity contribution in [3.63, 3.8) is 0 Å². The summed E-state index contributed by atoms with van der Waals surface area (Å²) < 4.78 is 0. The van der Waals surface area contributed by atoms with Crippen LogP contribution in [0.15, 0.2) is 48.5 Å². The van der Waals surface area contributed by atoms with Crippen molar-refractivity contribution in [2.24, 2.45) is 5.92 Å². The topological polar surface area (TPSA) is 37.0 Å². The Morgan fingerprint density at radius 1 is 1.11 bits per heavy atom. The number of benzene rings is 2. The minimum Gasteiger partial charge on any atom is -0.384 e. The molecular formula is C23H25Cl2N3. The summed E-state index contributed by atoms with van der Waals surface area (Å²) in [7, 11) is 0. The highest BCUT2D eigenvalue weighted by molar-refractivity contribution is 6.36. The molecule has 0 radical (unpaired) electrons. The fraction of sp³-hybridized carbons (Fsp3) is 0.348. The number of para-hydroxylation sites is 1. The lowest BCUT2D eigenvalue weighted by molar-refractivity contribution is 0.353. The molecule has 146 valence electrons. The number of nitrogens with one attached hydrogen (secondary N) is 2. The number of hydrogen-bond donors (Lipinski definition) is 2. The number of halogens is 2. The van der Waals surface area contributed by atoms with Gasteiger partial charge < -0.3 is 10.6 Å². The highest BCUT2D eigenvalue weighted by Gasteiger charge is 2.13. The van der Waals surface area contributed by atoms with Crippen molar-refractivity contribution >= 4 is 39.8 Å². The summed E-state index contributed by atoms with van der Waals surface area (Å²) in [6.07, 6.45) is 5.08. The molecule has 0 bridgehead atoms. The lowest BCUT2D eigenvalue weighted by atomic mass is 9.95. The summed E-state index contributed by atoms with van der Waals surface area (Å²) in [5.41, 5.74) is 3.82. The highest BCUT2D eigenvalue weighted by Crippen LogP contribution is 2.33. The van der Waals surface area contributed by atoms with E-state index in [-0.39, 0.29) is 0 Å². The molecule has 2 N–H and O–H groups in total. The Bertz CT molecular complexity index is 952. The normalized spacial score (nSPS) is 17.0. The third-order valence-electron chi connectivity index (χ3n) is 5.43. The molecule has 1 saturated heterocycles. The minimum atomic E-state index is 0.617. The molecule has 0 saturated carbocycles. The first-order chi connectivity index (χ1) is 13.7. The third-order valence-corrected chi connectivity index (χ3v) is 5.97. The number of hydrogen-bond acceptors (Lipinski definition) is 3. The molecule has 28 heavy (non-hydrogen) atoms. The first-order valence-electron chi connectivity index (χ1n) is 10.0. The molecule has 1 atom stereocenters. The zero-order valence-electron chi connectivity index (χ0n) is 15.8. The molecule has 5 heteroatoms. The second-order valence-corrected chi connectivity index (χ2v) is 8.32. The largest absolute Gasteiger partial charge is 0.384 e. The lowest BCUT2D eigenvalue weighted by Gasteiger charge is -2.22. The quantitative estimate of drug-likeness (QED) is 0.458. The molecular weight excluding hydrogens is 389 g/mol. The van der Waals surface area contributed by atoms with Crippen molar-refractivity contribution in [1.29, 1.82) is 0 Å². The van der Waals surface area contributed by atoms with Crippen LogP contribution in [0.25, 0.3) is 22.2 Å². The van der Waals surface area contributed by atoms with E-state index in [1.54, 1.807) is 6.07 Å². The van der Waals surface area contributed by atoms with Crippen molar-refractivity contribution in [3.8, 4) is 11.3 Å². The average molecular weight is 414 g/mol. The fourth-order valence-corrected chi connectivity index (χ4v) is 4.45. The monoisotopic (exact) mass is 413 g/mol. The van der Waals surface area contributed by atoms with Crippen molar-refractivity contribution in [3.05, 3.63) is 58.6 Å². The van der Waals surface area contributed by atoms with Crippen LogP contribution in [0.2, 0.25) is 10.0 Å². The van der Waals surface area contributed by atoms with Gasteiger partial charge in [-0.2, -0.15) is 0 Å². The first kappa shape index (κ1) is 19.5. The van der Waals surface area contributed by atoms with E-state index in [0.29, 0.717) is 10.0 Å². The maximum absolute atomic E-state index is 6.43. The van der Waals surface area contributed by atoms with Crippen LogP contribution >= 0.6 is 23.2 Å². The number of aromatic nitrogens is 1. The minimum absolute atomic E-state index is 0.617. The van der Waals surface area contributed by atoms with E-state index in [0.717, 1.165) is 46.9 Å². The molecule has 0 aliphatic carbocycles. The van der Waals surface area contributed by atoms with Gasteiger partial charge in [-0.25, -0.2) is 4.98 Å². The van der Waals surface area contributed by atoms with Gasteiger partial charge in [0.2, 0.25) is 0 Å². The molecule has 1 fully saturated rings. The van der Waals surface area contributed by atoms with Gasteiger partial charge in [0.1, 0.15) is 0 Å². The molecule has 0 spiro atoms. The van der Waals surface area contributed by atoms with Crippen molar-refractivity contribution in [2.75, 3.05) is 25.0 Å². The first-order valence-corrected chi connectivity index (χ1v) is 10.8. The van der Waals surface area contributed by atoms with Crippen LogP contribution < -0.4 is 10.6 Å². The van der Waals surface area contributed by atoms with Crippen LogP contribution in [0, 0.1) is 5.92 Å². The van der Waals surface area contributed by atoms with E-state index in [9.17, 15) is 0 Å². The number of piperidine rings is 1. The standard InChI is InChI=1S/C23H25Cl2N3/c24-17-9-10-18(20(25)13-17)23-14-22(19-7-1-2-8-21(19)28-23)27-12-4-6-16-5-3-11-26-15-16/h1-2,7-10,13-14,16,26H,3-6,11-12,15H2,(H,27,28). The van der Waals surface area contributed by atoms with Crippen LogP contribution in [-0.2, 0) is 0 Å². The van der Waals surface area contributed by atoms with E-state index in [1.165, 1.54) is 32.2 Å². The Morgan fingerprint density at radius 3 is 2.82 bits per heavy atom. The molecule has 1 aromatic heterocycles. The van der Waals surface area contributed by atoms with Gasteiger partial charge in [-0.1, -0.05) is 41.4 Å². The van der Waals surface area contributed by atoms with Crippen LogP contribution in [0.3, 0.4) is 0 Å². The predicted octanol–water partition coefficient (Wildman–Crippen LogP) is 6.40. The Labute approximate surface area is 176 Å². The summed E-state index contributed by atoms with van der Waals surface area (Å²) in [6.45, 7) is 3.30. The Balaban J connectivity index is 1.54. The number of pyridine rings is 1. The van der Waals surface area contributed by atoms with Gasteiger partial charge in [0.15, 0.2) is 0 Å². The van der Waals surface area contributed by atoms with Crippen LogP contribution in [0.1, 0.15) is 25.7 Å². The number of nitrogens with zero attached hydrogens (tertiary/aromatic N) is 1. The number of rotatable bonds is 6. The summed E-state index contributed by atoms with van der Waals surface area (Å²) in [5.74, 6) is 0.813. The van der Waals surface area contributed by atoms with Crippen molar-refractivity contribution in [2.45, 2.75) is 25.7 Å². The van der Waals surface area contributed by atoms with Gasteiger partial charge >= 0.3 is 0 Å². The Kier molecular flexibility index (Phi) is 6.36. The molecule has 1 aliphatic rings. The molecule has 1 unspecified atom stereocenters. The van der Waals surface area contributed by atoms with Crippen molar-refractivity contribution < 1.29 is 0 Å². The summed E-state index contributed by atoms with van der Waals surface area (Å²) in [6, 6.07) is 15.9. The van der Waals surface area contributed by atoms with Gasteiger partial charge in [0.05, 0.1) is 16.2 Å². The average Bonchev–Trinajstić information content (AvgIpc) is 2.72. The van der Waals surface area contributed by atoms with Crippen LogP contribution in [0.5, 0.6) is 0 Å².